The van der Waals surface area contributed by atoms with Crippen molar-refractivity contribution in [1.29, 1.82) is 0 Å². The second kappa shape index (κ2) is 6.45. The molecule has 22 heavy (non-hydrogen) atoms. The fourth-order valence-corrected chi connectivity index (χ4v) is 2.70. The van der Waals surface area contributed by atoms with E-state index in [2.05, 4.69) is 4.52 Å². The molecule has 1 aromatic rings. The van der Waals surface area contributed by atoms with Crippen LogP contribution >= 0.6 is 28.6 Å². The third-order valence-corrected chi connectivity index (χ3v) is 4.25. The van der Waals surface area contributed by atoms with E-state index in [0.29, 0.717) is 0 Å². The van der Waals surface area contributed by atoms with Crippen molar-refractivity contribution >= 4 is 28.6 Å². The SMILES string of the molecule is Cn1c(=O)ccn([C@@H]2O[C@H](COP(=O)(Cl)Cl)C(O)[C@@H]2O)c1=O. The first-order valence-electron chi connectivity index (χ1n) is 6.05. The Hall–Kier alpha value is -0.670. The minimum Gasteiger partial charge on any atom is -0.387 e. The van der Waals surface area contributed by atoms with Crippen LogP contribution < -0.4 is 11.2 Å². The highest BCUT2D eigenvalue weighted by molar-refractivity contribution is 8.05. The first kappa shape index (κ1) is 17.7. The Balaban J connectivity index is 2.24. The molecule has 1 fully saturated rings. The van der Waals surface area contributed by atoms with Crippen LogP contribution in [0.3, 0.4) is 0 Å². The lowest BCUT2D eigenvalue weighted by Gasteiger charge is -2.17. The molecule has 2 N–H and O–H groups in total. The minimum atomic E-state index is -3.82. The monoisotopic (exact) mass is 374 g/mol. The van der Waals surface area contributed by atoms with Crippen molar-refractivity contribution in [2.45, 2.75) is 24.5 Å². The lowest BCUT2D eigenvalue weighted by Crippen LogP contribution is -2.41. The summed E-state index contributed by atoms with van der Waals surface area (Å²) in [5.41, 5.74) is -1.26. The van der Waals surface area contributed by atoms with Crippen LogP contribution in [-0.2, 0) is 20.9 Å². The smallest absolute Gasteiger partial charge is 0.380 e. The maximum Gasteiger partial charge on any atom is 0.380 e. The van der Waals surface area contributed by atoms with Gasteiger partial charge in [-0.3, -0.25) is 18.5 Å². The van der Waals surface area contributed by atoms with Gasteiger partial charge in [0, 0.05) is 19.3 Å². The van der Waals surface area contributed by atoms with Gasteiger partial charge in [0.05, 0.1) is 6.61 Å². The van der Waals surface area contributed by atoms with E-state index in [1.54, 1.807) is 0 Å². The zero-order valence-corrected chi connectivity index (χ0v) is 13.6. The second-order valence-corrected chi connectivity index (χ2v) is 8.94. The van der Waals surface area contributed by atoms with Gasteiger partial charge < -0.3 is 19.5 Å². The Kier molecular flexibility index (Phi) is 5.18. The van der Waals surface area contributed by atoms with Crippen molar-refractivity contribution in [2.24, 2.45) is 7.05 Å². The Morgan fingerprint density at radius 1 is 1.36 bits per heavy atom. The van der Waals surface area contributed by atoms with Crippen LogP contribution in [0.4, 0.5) is 0 Å². The summed E-state index contributed by atoms with van der Waals surface area (Å²) in [4.78, 5) is 23.3. The zero-order chi connectivity index (χ0) is 16.7. The molecule has 12 heteroatoms. The summed E-state index contributed by atoms with van der Waals surface area (Å²) >= 11 is 10.4. The summed E-state index contributed by atoms with van der Waals surface area (Å²) < 4.78 is 22.8. The molecule has 1 unspecified atom stereocenters. The molecule has 9 nitrogen and oxygen atoms in total. The van der Waals surface area contributed by atoms with Crippen LogP contribution in [0.25, 0.3) is 0 Å². The van der Waals surface area contributed by atoms with Crippen LogP contribution in [0, 0.1) is 0 Å². The van der Waals surface area contributed by atoms with Crippen molar-refractivity contribution in [3.63, 3.8) is 0 Å². The van der Waals surface area contributed by atoms with Gasteiger partial charge in [0.1, 0.15) is 18.3 Å². The second-order valence-electron chi connectivity index (χ2n) is 4.66. The molecule has 0 spiro atoms. The Morgan fingerprint density at radius 2 is 2.00 bits per heavy atom. The zero-order valence-electron chi connectivity index (χ0n) is 11.2. The van der Waals surface area contributed by atoms with Gasteiger partial charge in [-0.2, -0.15) is 0 Å². The van der Waals surface area contributed by atoms with Crippen LogP contribution in [0.1, 0.15) is 6.23 Å². The van der Waals surface area contributed by atoms with Crippen molar-refractivity contribution in [2.75, 3.05) is 6.61 Å². The maximum absolute atomic E-state index is 12.0. The molecule has 0 aromatic carbocycles. The molecule has 2 heterocycles. The summed E-state index contributed by atoms with van der Waals surface area (Å²) in [6.45, 7) is -0.445. The predicted octanol–water partition coefficient (Wildman–Crippen LogP) is -0.232. The number of rotatable bonds is 4. The molecule has 0 saturated carbocycles. The highest BCUT2D eigenvalue weighted by atomic mass is 35.9. The fraction of sp³-hybridized carbons (Fsp3) is 0.600. The molecule has 0 amide bonds. The molecular weight excluding hydrogens is 362 g/mol. The summed E-state index contributed by atoms with van der Waals surface area (Å²) in [5, 5.41) is 19.9. The van der Waals surface area contributed by atoms with Crippen LogP contribution in [0.2, 0.25) is 0 Å². The number of ether oxygens (including phenoxy) is 1. The first-order chi connectivity index (χ1) is 10.1. The molecule has 0 aliphatic carbocycles. The molecule has 0 bridgehead atoms. The van der Waals surface area contributed by atoms with Crippen molar-refractivity contribution in [3.8, 4) is 0 Å². The van der Waals surface area contributed by atoms with Gasteiger partial charge in [-0.25, -0.2) is 4.79 Å². The largest absolute Gasteiger partial charge is 0.387 e. The maximum atomic E-state index is 12.0. The lowest BCUT2D eigenvalue weighted by molar-refractivity contribution is -0.0512. The van der Waals surface area contributed by atoms with Crippen LogP contribution in [0.5, 0.6) is 0 Å². The Labute approximate surface area is 133 Å². The standard InChI is InChI=1S/C10H13Cl2N2O7P/c1-13-6(15)2-3-14(10(13)18)9-8(17)7(16)5(21-9)4-20-22(11,12)19/h2-3,5,7-9,16-17H,4H2,1H3/t5-,7?,8+,9-/m1/s1. The van der Waals surface area contributed by atoms with Crippen molar-refractivity contribution in [3.05, 3.63) is 33.1 Å². The van der Waals surface area contributed by atoms with Gasteiger partial charge in [0.2, 0.25) is 0 Å². The van der Waals surface area contributed by atoms with Gasteiger partial charge in [0.15, 0.2) is 6.23 Å². The molecule has 2 rings (SSSR count). The molecular formula is C10H13Cl2N2O7P. The summed E-state index contributed by atoms with van der Waals surface area (Å²) in [7, 11) is 1.26. The Bertz CT molecular complexity index is 714. The van der Waals surface area contributed by atoms with E-state index in [-0.39, 0.29) is 0 Å². The molecule has 1 saturated heterocycles. The highest BCUT2D eigenvalue weighted by Crippen LogP contribution is 2.57. The minimum absolute atomic E-state index is 0.445. The quantitative estimate of drug-likeness (QED) is 0.698. The Morgan fingerprint density at radius 3 is 2.59 bits per heavy atom. The number of hydrogen-bond donors (Lipinski definition) is 2. The topological polar surface area (TPSA) is 120 Å². The summed E-state index contributed by atoms with van der Waals surface area (Å²) in [5.74, 6) is 0. The summed E-state index contributed by atoms with van der Waals surface area (Å²) in [6, 6.07) is 1.11. The average molecular weight is 375 g/mol. The van der Waals surface area contributed by atoms with E-state index in [1.165, 1.54) is 7.05 Å². The van der Waals surface area contributed by atoms with Crippen LogP contribution in [-0.4, -0.2) is 44.3 Å². The molecule has 1 aromatic heterocycles. The van der Waals surface area contributed by atoms with E-state index in [0.717, 1.165) is 21.4 Å². The molecule has 0 radical (unpaired) electrons. The van der Waals surface area contributed by atoms with Gasteiger partial charge >= 0.3 is 11.8 Å². The number of aliphatic hydroxyl groups excluding tert-OH is 2. The molecule has 4 atom stereocenters. The third-order valence-electron chi connectivity index (χ3n) is 3.22. The van der Waals surface area contributed by atoms with Gasteiger partial charge in [-0.1, -0.05) is 0 Å². The van der Waals surface area contributed by atoms with Gasteiger partial charge in [-0.15, -0.1) is 0 Å². The average Bonchev–Trinajstić information content (AvgIpc) is 2.70. The predicted molar refractivity (Wildman–Crippen MR) is 77.1 cm³/mol. The van der Waals surface area contributed by atoms with Crippen LogP contribution in [0.15, 0.2) is 21.9 Å². The number of halogens is 2. The van der Waals surface area contributed by atoms with Crippen molar-refractivity contribution < 1.29 is 24.0 Å². The third kappa shape index (κ3) is 3.62. The highest BCUT2D eigenvalue weighted by Gasteiger charge is 2.44. The summed E-state index contributed by atoms with van der Waals surface area (Å²) in [6.07, 6.45) is -7.91. The lowest BCUT2D eigenvalue weighted by atomic mass is 10.1. The molecule has 124 valence electrons. The van der Waals surface area contributed by atoms with E-state index in [4.69, 9.17) is 27.2 Å². The molecule has 1 aliphatic heterocycles. The fourth-order valence-electron chi connectivity index (χ4n) is 2.04. The van der Waals surface area contributed by atoms with Gasteiger partial charge in [0.25, 0.3) is 5.56 Å². The molecule has 1 aliphatic rings. The van der Waals surface area contributed by atoms with E-state index in [1.807, 2.05) is 0 Å². The number of hydrogen-bond acceptors (Lipinski definition) is 7. The number of aromatic nitrogens is 2. The normalized spacial score (nSPS) is 29.0. The number of nitrogens with zero attached hydrogens (tertiary/aromatic N) is 2. The number of aliphatic hydroxyl groups is 2. The van der Waals surface area contributed by atoms with Gasteiger partial charge in [-0.05, 0) is 22.5 Å². The van der Waals surface area contributed by atoms with E-state index < -0.39 is 48.5 Å². The first-order valence-corrected chi connectivity index (χ1v) is 9.49. The van der Waals surface area contributed by atoms with E-state index >= 15 is 0 Å². The van der Waals surface area contributed by atoms with Crippen molar-refractivity contribution in [1.82, 2.24) is 9.13 Å². The van der Waals surface area contributed by atoms with E-state index in [9.17, 15) is 24.4 Å².